The van der Waals surface area contributed by atoms with Gasteiger partial charge in [0.1, 0.15) is 12.4 Å². The second kappa shape index (κ2) is 11.0. The molecule has 3 aromatic carbocycles. The predicted octanol–water partition coefficient (Wildman–Crippen LogP) is 5.96. The molecular formula is C29H31NO3. The predicted molar refractivity (Wildman–Crippen MR) is 131 cm³/mol. The van der Waals surface area contributed by atoms with Crippen LogP contribution in [0.25, 0.3) is 0 Å². The van der Waals surface area contributed by atoms with E-state index in [1.54, 1.807) is 0 Å². The van der Waals surface area contributed by atoms with Gasteiger partial charge in [-0.2, -0.15) is 0 Å². The van der Waals surface area contributed by atoms with Crippen LogP contribution in [0.3, 0.4) is 0 Å². The van der Waals surface area contributed by atoms with Crippen LogP contribution in [0.4, 0.5) is 0 Å². The van der Waals surface area contributed by atoms with Crippen LogP contribution in [0.15, 0.2) is 84.9 Å². The van der Waals surface area contributed by atoms with Crippen LogP contribution in [0.5, 0.6) is 5.75 Å². The molecule has 33 heavy (non-hydrogen) atoms. The summed E-state index contributed by atoms with van der Waals surface area (Å²) < 4.78 is 5.94. The molecule has 0 saturated carbocycles. The molecule has 1 N–H and O–H groups in total. The molecule has 4 nitrogen and oxygen atoms in total. The average molecular weight is 442 g/mol. The highest BCUT2D eigenvalue weighted by atomic mass is 16.5. The Kier molecular flexibility index (Phi) is 7.59. The smallest absolute Gasteiger partial charge is 0.304 e. The molecule has 0 radical (unpaired) electrons. The Bertz CT molecular complexity index is 1060. The van der Waals surface area contributed by atoms with Gasteiger partial charge in [-0.25, -0.2) is 0 Å². The van der Waals surface area contributed by atoms with Crippen molar-refractivity contribution in [2.75, 3.05) is 6.54 Å². The number of hydrogen-bond donors (Lipinski definition) is 1. The number of nitrogens with zero attached hydrogens (tertiary/aromatic N) is 1. The van der Waals surface area contributed by atoms with E-state index in [-0.39, 0.29) is 12.3 Å². The molecule has 0 fully saturated rings. The molecule has 3 aromatic rings. The first kappa shape index (κ1) is 22.8. The highest BCUT2D eigenvalue weighted by molar-refractivity contribution is 5.68. The number of allylic oxidation sites excluding steroid dienone is 2. The molecule has 0 spiro atoms. The van der Waals surface area contributed by atoms with Crippen molar-refractivity contribution in [3.8, 4) is 5.75 Å². The van der Waals surface area contributed by atoms with Gasteiger partial charge in [-0.05, 0) is 53.3 Å². The minimum absolute atomic E-state index is 0.0849. The highest BCUT2D eigenvalue weighted by Crippen LogP contribution is 2.25. The first-order valence-corrected chi connectivity index (χ1v) is 11.5. The molecule has 1 heterocycles. The number of fused-ring (bicyclic) bond motifs is 1. The van der Waals surface area contributed by atoms with Crippen LogP contribution in [0.1, 0.15) is 47.1 Å². The molecule has 1 atom stereocenters. The summed E-state index contributed by atoms with van der Waals surface area (Å²) in [5, 5.41) is 9.12. The van der Waals surface area contributed by atoms with Gasteiger partial charge >= 0.3 is 5.97 Å². The SMILES string of the molecule is CC=C[C@H](CC(=O)O)c1ccc(OCc2ccc(CCN3Cc4ccccc4C3)cc2)cc1. The first-order chi connectivity index (χ1) is 16.1. The van der Waals surface area contributed by atoms with E-state index in [9.17, 15) is 4.79 Å². The van der Waals surface area contributed by atoms with Crippen molar-refractivity contribution in [3.05, 3.63) is 113 Å². The average Bonchev–Trinajstić information content (AvgIpc) is 3.25. The van der Waals surface area contributed by atoms with Gasteiger partial charge < -0.3 is 9.84 Å². The van der Waals surface area contributed by atoms with Crippen LogP contribution in [-0.4, -0.2) is 22.5 Å². The zero-order valence-corrected chi connectivity index (χ0v) is 19.1. The van der Waals surface area contributed by atoms with E-state index in [1.807, 2.05) is 43.3 Å². The minimum Gasteiger partial charge on any atom is -0.489 e. The second-order valence-corrected chi connectivity index (χ2v) is 8.63. The Morgan fingerprint density at radius 3 is 2.21 bits per heavy atom. The van der Waals surface area contributed by atoms with Crippen molar-refractivity contribution in [2.45, 2.75) is 45.4 Å². The molecule has 0 aliphatic carbocycles. The van der Waals surface area contributed by atoms with Crippen molar-refractivity contribution in [1.82, 2.24) is 4.90 Å². The lowest BCUT2D eigenvalue weighted by Crippen LogP contribution is -2.19. The van der Waals surface area contributed by atoms with Crippen molar-refractivity contribution < 1.29 is 14.6 Å². The van der Waals surface area contributed by atoms with E-state index in [0.717, 1.165) is 42.9 Å². The molecule has 0 bridgehead atoms. The lowest BCUT2D eigenvalue weighted by atomic mass is 9.95. The Labute approximate surface area is 196 Å². The van der Waals surface area contributed by atoms with Gasteiger partial charge in [0, 0.05) is 25.6 Å². The summed E-state index contributed by atoms with van der Waals surface area (Å²) in [5.74, 6) is -0.137. The first-order valence-electron chi connectivity index (χ1n) is 11.5. The van der Waals surface area contributed by atoms with Crippen LogP contribution in [-0.2, 0) is 30.9 Å². The summed E-state index contributed by atoms with van der Waals surface area (Å²) in [5.41, 5.74) is 6.37. The van der Waals surface area contributed by atoms with Crippen molar-refractivity contribution >= 4 is 5.97 Å². The summed E-state index contributed by atoms with van der Waals surface area (Å²) in [6.45, 7) is 5.57. The van der Waals surface area contributed by atoms with Crippen LogP contribution in [0, 0.1) is 0 Å². The van der Waals surface area contributed by atoms with Crippen molar-refractivity contribution in [3.63, 3.8) is 0 Å². The monoisotopic (exact) mass is 441 g/mol. The van der Waals surface area contributed by atoms with Crippen LogP contribution in [0.2, 0.25) is 0 Å². The Morgan fingerprint density at radius 2 is 1.61 bits per heavy atom. The lowest BCUT2D eigenvalue weighted by Gasteiger charge is -2.15. The fourth-order valence-corrected chi connectivity index (χ4v) is 4.35. The van der Waals surface area contributed by atoms with Crippen LogP contribution >= 0.6 is 0 Å². The topological polar surface area (TPSA) is 49.8 Å². The molecule has 170 valence electrons. The molecule has 0 unspecified atom stereocenters. The van der Waals surface area contributed by atoms with Crippen molar-refractivity contribution in [1.29, 1.82) is 0 Å². The number of ether oxygens (including phenoxy) is 1. The Morgan fingerprint density at radius 1 is 0.970 bits per heavy atom. The number of rotatable bonds is 10. The third-order valence-electron chi connectivity index (χ3n) is 6.18. The van der Waals surface area contributed by atoms with Gasteiger partial charge in [-0.1, -0.05) is 72.8 Å². The molecule has 1 aliphatic heterocycles. The van der Waals surface area contributed by atoms with E-state index >= 15 is 0 Å². The Balaban J connectivity index is 1.25. The standard InChI is InChI=1S/C29H31NO3/c1-2-5-25(18-29(31)32)24-12-14-28(15-13-24)33-21-23-10-8-22(9-11-23)16-17-30-19-26-6-3-4-7-27(26)20-30/h2-15,25H,16-21H2,1H3,(H,31,32)/t25-/m1/s1. The summed E-state index contributed by atoms with van der Waals surface area (Å²) in [6.07, 6.45) is 4.95. The number of hydrogen-bond acceptors (Lipinski definition) is 3. The molecular weight excluding hydrogens is 410 g/mol. The zero-order chi connectivity index (χ0) is 23.0. The quantitative estimate of drug-likeness (QED) is 0.395. The number of carboxylic acid groups (broad SMARTS) is 1. The van der Waals surface area contributed by atoms with Crippen LogP contribution < -0.4 is 4.74 Å². The third kappa shape index (κ3) is 6.33. The van der Waals surface area contributed by atoms with Gasteiger partial charge in [0.25, 0.3) is 0 Å². The number of aliphatic carboxylic acids is 1. The fourth-order valence-electron chi connectivity index (χ4n) is 4.35. The maximum absolute atomic E-state index is 11.1. The summed E-state index contributed by atoms with van der Waals surface area (Å²) >= 11 is 0. The normalized spacial score (nSPS) is 14.3. The summed E-state index contributed by atoms with van der Waals surface area (Å²) in [4.78, 5) is 13.6. The molecule has 4 rings (SSSR count). The van der Waals surface area contributed by atoms with E-state index < -0.39 is 5.97 Å². The summed E-state index contributed by atoms with van der Waals surface area (Å²) in [7, 11) is 0. The largest absolute Gasteiger partial charge is 0.489 e. The highest BCUT2D eigenvalue weighted by Gasteiger charge is 2.17. The van der Waals surface area contributed by atoms with E-state index in [0.29, 0.717) is 6.61 Å². The zero-order valence-electron chi connectivity index (χ0n) is 19.1. The number of carboxylic acids is 1. The van der Waals surface area contributed by atoms with Gasteiger partial charge in [-0.3, -0.25) is 9.69 Å². The van der Waals surface area contributed by atoms with E-state index in [4.69, 9.17) is 9.84 Å². The second-order valence-electron chi connectivity index (χ2n) is 8.63. The molecule has 1 aliphatic rings. The molecule has 4 heteroatoms. The number of carbonyl (C=O) groups is 1. The van der Waals surface area contributed by atoms with Gasteiger partial charge in [0.15, 0.2) is 0 Å². The van der Waals surface area contributed by atoms with Gasteiger partial charge in [-0.15, -0.1) is 0 Å². The molecule has 0 saturated heterocycles. The molecule has 0 aromatic heterocycles. The van der Waals surface area contributed by atoms with E-state index in [2.05, 4.69) is 53.4 Å². The van der Waals surface area contributed by atoms with Crippen molar-refractivity contribution in [2.24, 2.45) is 0 Å². The molecule has 0 amide bonds. The maximum Gasteiger partial charge on any atom is 0.304 e. The minimum atomic E-state index is -0.799. The lowest BCUT2D eigenvalue weighted by molar-refractivity contribution is -0.137. The van der Waals surface area contributed by atoms with Gasteiger partial charge in [0.2, 0.25) is 0 Å². The number of benzene rings is 3. The summed E-state index contributed by atoms with van der Waals surface area (Å²) in [6, 6.07) is 25.1. The Hall–Kier alpha value is -3.37. The van der Waals surface area contributed by atoms with E-state index in [1.165, 1.54) is 16.7 Å². The fraction of sp³-hybridized carbons (Fsp3) is 0.276. The van der Waals surface area contributed by atoms with Gasteiger partial charge in [0.05, 0.1) is 6.42 Å². The maximum atomic E-state index is 11.1. The third-order valence-corrected chi connectivity index (χ3v) is 6.18.